The highest BCUT2D eigenvalue weighted by atomic mass is 16.5. The number of hydrogen-bond acceptors (Lipinski definition) is 3. The molecule has 0 saturated carbocycles. The molecule has 0 aromatic carbocycles. The largest absolute Gasteiger partial charge is 0.361 e. The Morgan fingerprint density at radius 2 is 1.82 bits per heavy atom. The van der Waals surface area contributed by atoms with Crippen LogP contribution in [-0.4, -0.2) is 30.7 Å². The van der Waals surface area contributed by atoms with Gasteiger partial charge >= 0.3 is 0 Å². The van der Waals surface area contributed by atoms with E-state index in [1.165, 1.54) is 0 Å². The first-order chi connectivity index (χ1) is 7.90. The van der Waals surface area contributed by atoms with Gasteiger partial charge in [-0.1, -0.05) is 27.7 Å². The highest BCUT2D eigenvalue weighted by molar-refractivity contribution is 5.80. The Morgan fingerprint density at radius 3 is 2.18 bits per heavy atom. The maximum Gasteiger partial charge on any atom is 0.248 e. The zero-order chi connectivity index (χ0) is 13.5. The predicted octanol–water partition coefficient (Wildman–Crippen LogP) is 1.68. The average Bonchev–Trinajstić information content (AvgIpc) is 2.32. The number of hydrogen-bond donors (Lipinski definition) is 2. The predicted molar refractivity (Wildman–Crippen MR) is 70.8 cm³/mol. The zero-order valence-electron chi connectivity index (χ0n) is 11.9. The molecule has 0 aliphatic carbocycles. The molecule has 0 aliphatic heterocycles. The Balaban J connectivity index is 4.30. The second-order valence-electron chi connectivity index (χ2n) is 4.99. The Kier molecular flexibility index (Phi) is 7.39. The SMILES string of the molecule is CCC(CC)(CN)OC(C)C(=O)NCC(C)C. The van der Waals surface area contributed by atoms with Gasteiger partial charge in [0, 0.05) is 13.1 Å². The van der Waals surface area contributed by atoms with E-state index >= 15 is 0 Å². The van der Waals surface area contributed by atoms with Crippen molar-refractivity contribution in [3.8, 4) is 0 Å². The lowest BCUT2D eigenvalue weighted by Gasteiger charge is -2.33. The molecule has 0 radical (unpaired) electrons. The van der Waals surface area contributed by atoms with Crippen LogP contribution in [0.3, 0.4) is 0 Å². The molecule has 17 heavy (non-hydrogen) atoms. The van der Waals surface area contributed by atoms with E-state index in [2.05, 4.69) is 19.2 Å². The fourth-order valence-electron chi connectivity index (χ4n) is 1.63. The summed E-state index contributed by atoms with van der Waals surface area (Å²) in [6, 6.07) is 0. The Hall–Kier alpha value is -0.610. The van der Waals surface area contributed by atoms with Gasteiger partial charge < -0.3 is 15.8 Å². The topological polar surface area (TPSA) is 64.3 Å². The summed E-state index contributed by atoms with van der Waals surface area (Å²) in [6.07, 6.45) is 1.20. The van der Waals surface area contributed by atoms with Crippen molar-refractivity contribution in [3.63, 3.8) is 0 Å². The molecule has 1 atom stereocenters. The summed E-state index contributed by atoms with van der Waals surface area (Å²) < 4.78 is 5.84. The zero-order valence-corrected chi connectivity index (χ0v) is 11.9. The van der Waals surface area contributed by atoms with Crippen molar-refractivity contribution >= 4 is 5.91 Å². The molecule has 0 aliphatic rings. The second-order valence-corrected chi connectivity index (χ2v) is 4.99. The van der Waals surface area contributed by atoms with E-state index in [0.717, 1.165) is 12.8 Å². The van der Waals surface area contributed by atoms with Crippen LogP contribution in [-0.2, 0) is 9.53 Å². The van der Waals surface area contributed by atoms with E-state index < -0.39 is 6.10 Å². The van der Waals surface area contributed by atoms with E-state index in [0.29, 0.717) is 19.0 Å². The molecule has 0 aromatic rings. The normalized spacial score (nSPS) is 13.8. The molecule has 0 aromatic heterocycles. The second kappa shape index (κ2) is 7.67. The van der Waals surface area contributed by atoms with Gasteiger partial charge in [0.05, 0.1) is 5.60 Å². The molecule has 0 fully saturated rings. The first-order valence-corrected chi connectivity index (χ1v) is 6.56. The van der Waals surface area contributed by atoms with Gasteiger partial charge in [-0.2, -0.15) is 0 Å². The number of nitrogens with two attached hydrogens (primary N) is 1. The Labute approximate surface area is 105 Å². The lowest BCUT2D eigenvalue weighted by Crippen LogP contribution is -2.47. The van der Waals surface area contributed by atoms with Crippen LogP contribution < -0.4 is 11.1 Å². The summed E-state index contributed by atoms with van der Waals surface area (Å²) in [7, 11) is 0. The molecule has 0 spiro atoms. The van der Waals surface area contributed by atoms with Crippen molar-refractivity contribution < 1.29 is 9.53 Å². The minimum Gasteiger partial charge on any atom is -0.361 e. The van der Waals surface area contributed by atoms with Crippen molar-refractivity contribution in [2.45, 2.75) is 59.2 Å². The number of carbonyl (C=O) groups is 1. The summed E-state index contributed by atoms with van der Waals surface area (Å²) in [5.41, 5.74) is 5.38. The quantitative estimate of drug-likeness (QED) is 0.683. The molecule has 4 nitrogen and oxygen atoms in total. The van der Waals surface area contributed by atoms with Crippen LogP contribution in [0.4, 0.5) is 0 Å². The molecule has 3 N–H and O–H groups in total. The number of amides is 1. The molecular formula is C13H28N2O2. The Bertz CT molecular complexity index is 217. The molecular weight excluding hydrogens is 216 g/mol. The van der Waals surface area contributed by atoms with Gasteiger partial charge in [0.25, 0.3) is 0 Å². The smallest absolute Gasteiger partial charge is 0.248 e. The van der Waals surface area contributed by atoms with Crippen LogP contribution in [0, 0.1) is 5.92 Å². The third kappa shape index (κ3) is 5.50. The number of ether oxygens (including phenoxy) is 1. The number of carbonyl (C=O) groups excluding carboxylic acids is 1. The van der Waals surface area contributed by atoms with Gasteiger partial charge in [-0.25, -0.2) is 0 Å². The van der Waals surface area contributed by atoms with Crippen molar-refractivity contribution in [2.75, 3.05) is 13.1 Å². The average molecular weight is 244 g/mol. The summed E-state index contributed by atoms with van der Waals surface area (Å²) in [6.45, 7) is 11.1. The summed E-state index contributed by atoms with van der Waals surface area (Å²) >= 11 is 0. The molecule has 0 heterocycles. The van der Waals surface area contributed by atoms with Crippen molar-refractivity contribution in [1.29, 1.82) is 0 Å². The summed E-state index contributed by atoms with van der Waals surface area (Å²) in [4.78, 5) is 11.8. The van der Waals surface area contributed by atoms with Crippen LogP contribution in [0.15, 0.2) is 0 Å². The van der Waals surface area contributed by atoms with Crippen LogP contribution in [0.5, 0.6) is 0 Å². The maximum absolute atomic E-state index is 11.8. The molecule has 1 unspecified atom stereocenters. The minimum absolute atomic E-state index is 0.0570. The number of nitrogens with one attached hydrogen (secondary N) is 1. The summed E-state index contributed by atoms with van der Waals surface area (Å²) in [5.74, 6) is 0.390. The lowest BCUT2D eigenvalue weighted by atomic mass is 9.97. The van der Waals surface area contributed by atoms with E-state index in [1.807, 2.05) is 13.8 Å². The maximum atomic E-state index is 11.8. The fraction of sp³-hybridized carbons (Fsp3) is 0.923. The standard InChI is InChI=1S/C13H28N2O2/c1-6-13(7-2,9-14)17-11(5)12(16)15-8-10(3)4/h10-11H,6-9,14H2,1-5H3,(H,15,16). The molecule has 0 bridgehead atoms. The van der Waals surface area contributed by atoms with E-state index in [9.17, 15) is 4.79 Å². The Morgan fingerprint density at radius 1 is 1.29 bits per heavy atom. The van der Waals surface area contributed by atoms with Gasteiger partial charge in [-0.15, -0.1) is 0 Å². The van der Waals surface area contributed by atoms with Crippen molar-refractivity contribution in [3.05, 3.63) is 0 Å². The monoisotopic (exact) mass is 244 g/mol. The molecule has 0 rings (SSSR count). The molecule has 102 valence electrons. The first-order valence-electron chi connectivity index (χ1n) is 6.56. The van der Waals surface area contributed by atoms with Gasteiger partial charge in [0.1, 0.15) is 6.10 Å². The van der Waals surface area contributed by atoms with Gasteiger partial charge in [0.2, 0.25) is 5.91 Å². The minimum atomic E-state index is -0.447. The van der Waals surface area contributed by atoms with E-state index in [-0.39, 0.29) is 11.5 Å². The highest BCUT2D eigenvalue weighted by Gasteiger charge is 2.29. The first kappa shape index (κ1) is 16.4. The summed E-state index contributed by atoms with van der Waals surface area (Å²) in [5, 5.41) is 2.87. The van der Waals surface area contributed by atoms with Crippen molar-refractivity contribution in [2.24, 2.45) is 11.7 Å². The molecule has 0 saturated heterocycles. The molecule has 1 amide bonds. The van der Waals surface area contributed by atoms with Gasteiger partial charge in [-0.3, -0.25) is 4.79 Å². The van der Waals surface area contributed by atoms with E-state index in [1.54, 1.807) is 6.92 Å². The lowest BCUT2D eigenvalue weighted by molar-refractivity contribution is -0.145. The third-order valence-electron chi connectivity index (χ3n) is 3.14. The van der Waals surface area contributed by atoms with Crippen molar-refractivity contribution in [1.82, 2.24) is 5.32 Å². The van der Waals surface area contributed by atoms with Crippen LogP contribution >= 0.6 is 0 Å². The molecule has 4 heteroatoms. The van der Waals surface area contributed by atoms with E-state index in [4.69, 9.17) is 10.5 Å². The fourth-order valence-corrected chi connectivity index (χ4v) is 1.63. The van der Waals surface area contributed by atoms with Gasteiger partial charge in [0.15, 0.2) is 0 Å². The van der Waals surface area contributed by atoms with Crippen LogP contribution in [0.2, 0.25) is 0 Å². The third-order valence-corrected chi connectivity index (χ3v) is 3.14. The van der Waals surface area contributed by atoms with Crippen LogP contribution in [0.25, 0.3) is 0 Å². The number of rotatable bonds is 8. The van der Waals surface area contributed by atoms with Gasteiger partial charge in [-0.05, 0) is 25.7 Å². The van der Waals surface area contributed by atoms with Crippen LogP contribution in [0.1, 0.15) is 47.5 Å². The highest BCUT2D eigenvalue weighted by Crippen LogP contribution is 2.21.